The van der Waals surface area contributed by atoms with E-state index >= 15 is 0 Å². The molecule has 0 fully saturated rings. The van der Waals surface area contributed by atoms with E-state index in [0.29, 0.717) is 11.3 Å². The number of carbonyl (C=O) groups excluding carboxylic acids is 2. The van der Waals surface area contributed by atoms with Crippen molar-refractivity contribution >= 4 is 27.5 Å². The molecule has 0 aliphatic carbocycles. The van der Waals surface area contributed by atoms with Gasteiger partial charge in [-0.15, -0.1) is 0 Å². The lowest BCUT2D eigenvalue weighted by molar-refractivity contribution is 0.0827. The summed E-state index contributed by atoms with van der Waals surface area (Å²) in [5.74, 6) is -0.0377. The largest absolute Gasteiger partial charge is 0.345 e. The fourth-order valence-electron chi connectivity index (χ4n) is 2.27. The second-order valence-corrected chi connectivity index (χ2v) is 8.85. The number of sulfone groups is 1. The number of anilines is 1. The molecule has 0 saturated carbocycles. The maximum atomic E-state index is 11.9. The van der Waals surface area contributed by atoms with Gasteiger partial charge >= 0.3 is 6.03 Å². The standard InChI is InChI=1S/C17H27N3O4S/c1-12(2)11-25(23,24)9-8-18-17(22)19-15-7-6-14(10-13(15)3)16(21)20(4)5/h6-7,10,12H,8-9,11H2,1-5H3,(H2,18,19,22). The molecule has 3 amide bonds. The maximum Gasteiger partial charge on any atom is 0.319 e. The van der Waals surface area contributed by atoms with Crippen molar-refractivity contribution in [2.45, 2.75) is 20.8 Å². The fourth-order valence-corrected chi connectivity index (χ4v) is 3.87. The van der Waals surface area contributed by atoms with Crippen LogP contribution in [0.3, 0.4) is 0 Å². The van der Waals surface area contributed by atoms with Crippen molar-refractivity contribution in [2.75, 3.05) is 37.5 Å². The lowest BCUT2D eigenvalue weighted by atomic mass is 10.1. The van der Waals surface area contributed by atoms with Crippen LogP contribution in [-0.2, 0) is 9.84 Å². The van der Waals surface area contributed by atoms with Crippen LogP contribution in [0.2, 0.25) is 0 Å². The van der Waals surface area contributed by atoms with Gasteiger partial charge in [0.15, 0.2) is 9.84 Å². The predicted molar refractivity (Wildman–Crippen MR) is 99.7 cm³/mol. The molecule has 0 atom stereocenters. The van der Waals surface area contributed by atoms with Crippen LogP contribution in [0.25, 0.3) is 0 Å². The van der Waals surface area contributed by atoms with E-state index in [1.165, 1.54) is 4.90 Å². The molecule has 0 unspecified atom stereocenters. The van der Waals surface area contributed by atoms with Gasteiger partial charge in [-0.2, -0.15) is 0 Å². The SMILES string of the molecule is Cc1cc(C(=O)N(C)C)ccc1NC(=O)NCCS(=O)(=O)CC(C)C. The average Bonchev–Trinajstić information content (AvgIpc) is 2.46. The van der Waals surface area contributed by atoms with Crippen molar-refractivity contribution in [3.05, 3.63) is 29.3 Å². The number of carbonyl (C=O) groups is 2. The molecule has 0 aliphatic rings. The van der Waals surface area contributed by atoms with Crippen molar-refractivity contribution in [1.29, 1.82) is 0 Å². The van der Waals surface area contributed by atoms with Crippen LogP contribution in [0.4, 0.5) is 10.5 Å². The molecule has 0 aliphatic heterocycles. The van der Waals surface area contributed by atoms with Gasteiger partial charge in [0.1, 0.15) is 0 Å². The van der Waals surface area contributed by atoms with E-state index in [0.717, 1.165) is 5.56 Å². The van der Waals surface area contributed by atoms with Gasteiger partial charge in [-0.3, -0.25) is 4.79 Å². The lowest BCUT2D eigenvalue weighted by Gasteiger charge is -2.14. The van der Waals surface area contributed by atoms with E-state index in [-0.39, 0.29) is 29.9 Å². The molecule has 0 spiro atoms. The smallest absolute Gasteiger partial charge is 0.319 e. The molecule has 7 nitrogen and oxygen atoms in total. The van der Waals surface area contributed by atoms with Crippen molar-refractivity contribution in [1.82, 2.24) is 10.2 Å². The minimum atomic E-state index is -3.17. The van der Waals surface area contributed by atoms with Gasteiger partial charge in [0.05, 0.1) is 11.5 Å². The zero-order valence-electron chi connectivity index (χ0n) is 15.4. The first kappa shape index (κ1) is 21.0. The monoisotopic (exact) mass is 369 g/mol. The van der Waals surface area contributed by atoms with Gasteiger partial charge in [0, 0.05) is 31.9 Å². The molecule has 1 aromatic carbocycles. The van der Waals surface area contributed by atoms with Crippen LogP contribution in [0, 0.1) is 12.8 Å². The molecular formula is C17H27N3O4S. The number of amides is 3. The highest BCUT2D eigenvalue weighted by molar-refractivity contribution is 7.91. The molecule has 8 heteroatoms. The molecule has 2 N–H and O–H groups in total. The number of urea groups is 1. The second kappa shape index (κ2) is 8.84. The van der Waals surface area contributed by atoms with Gasteiger partial charge in [-0.25, -0.2) is 13.2 Å². The minimum absolute atomic E-state index is 0.0527. The van der Waals surface area contributed by atoms with Crippen molar-refractivity contribution in [3.8, 4) is 0 Å². The summed E-state index contributed by atoms with van der Waals surface area (Å²) in [7, 11) is 0.177. The molecule has 0 saturated heterocycles. The van der Waals surface area contributed by atoms with Gasteiger partial charge in [0.2, 0.25) is 0 Å². The van der Waals surface area contributed by atoms with Gasteiger partial charge < -0.3 is 15.5 Å². The van der Waals surface area contributed by atoms with E-state index < -0.39 is 15.9 Å². The molecule has 1 aromatic rings. The van der Waals surface area contributed by atoms with Crippen LogP contribution in [0.5, 0.6) is 0 Å². The Hall–Kier alpha value is -2.09. The highest BCUT2D eigenvalue weighted by Gasteiger charge is 2.14. The fraction of sp³-hybridized carbons (Fsp3) is 0.529. The number of rotatable bonds is 7. The zero-order valence-corrected chi connectivity index (χ0v) is 16.2. The highest BCUT2D eigenvalue weighted by Crippen LogP contribution is 2.17. The number of aryl methyl sites for hydroxylation is 1. The summed E-state index contributed by atoms with van der Waals surface area (Å²) in [6, 6.07) is 4.51. The summed E-state index contributed by atoms with van der Waals surface area (Å²) in [6.45, 7) is 5.52. The number of nitrogens with zero attached hydrogens (tertiary/aromatic N) is 1. The second-order valence-electron chi connectivity index (χ2n) is 6.62. The van der Waals surface area contributed by atoms with Gasteiger partial charge in [-0.05, 0) is 36.6 Å². The summed E-state index contributed by atoms with van der Waals surface area (Å²) >= 11 is 0. The number of nitrogens with one attached hydrogen (secondary N) is 2. The Kier molecular flexibility index (Phi) is 7.41. The van der Waals surface area contributed by atoms with Crippen molar-refractivity contribution < 1.29 is 18.0 Å². The Balaban J connectivity index is 2.59. The first-order chi connectivity index (χ1) is 11.5. The molecule has 1 rings (SSSR count). The Morgan fingerprint density at radius 2 is 1.84 bits per heavy atom. The summed E-state index contributed by atoms with van der Waals surface area (Å²) in [4.78, 5) is 25.3. The van der Waals surface area contributed by atoms with E-state index in [9.17, 15) is 18.0 Å². The summed E-state index contributed by atoms with van der Waals surface area (Å²) in [5, 5.41) is 5.20. The Morgan fingerprint density at radius 3 is 2.36 bits per heavy atom. The van der Waals surface area contributed by atoms with Gasteiger partial charge in [0.25, 0.3) is 5.91 Å². The Bertz CT molecular complexity index is 727. The third-order valence-corrected chi connectivity index (χ3v) is 5.41. The van der Waals surface area contributed by atoms with Gasteiger partial charge in [-0.1, -0.05) is 13.8 Å². The molecular weight excluding hydrogens is 342 g/mol. The van der Waals surface area contributed by atoms with Crippen molar-refractivity contribution in [2.24, 2.45) is 5.92 Å². The average molecular weight is 369 g/mol. The van der Waals surface area contributed by atoms with Crippen LogP contribution >= 0.6 is 0 Å². The maximum absolute atomic E-state index is 11.9. The lowest BCUT2D eigenvalue weighted by Crippen LogP contribution is -2.34. The Morgan fingerprint density at radius 1 is 1.20 bits per heavy atom. The zero-order chi connectivity index (χ0) is 19.2. The first-order valence-corrected chi connectivity index (χ1v) is 9.91. The quantitative estimate of drug-likeness (QED) is 0.767. The number of benzene rings is 1. The predicted octanol–water partition coefficient (Wildman–Crippen LogP) is 1.89. The van der Waals surface area contributed by atoms with E-state index in [1.54, 1.807) is 39.2 Å². The van der Waals surface area contributed by atoms with Crippen LogP contribution in [-0.4, -0.2) is 57.4 Å². The molecule has 25 heavy (non-hydrogen) atoms. The Labute approximate surface area is 149 Å². The van der Waals surface area contributed by atoms with E-state index in [1.807, 2.05) is 13.8 Å². The van der Waals surface area contributed by atoms with Crippen molar-refractivity contribution in [3.63, 3.8) is 0 Å². The van der Waals surface area contributed by atoms with Crippen LogP contribution in [0.15, 0.2) is 18.2 Å². The molecule has 140 valence electrons. The molecule has 0 bridgehead atoms. The first-order valence-electron chi connectivity index (χ1n) is 8.09. The normalized spacial score (nSPS) is 11.3. The summed E-state index contributed by atoms with van der Waals surface area (Å²) in [6.07, 6.45) is 0. The highest BCUT2D eigenvalue weighted by atomic mass is 32.2. The molecule has 0 heterocycles. The number of hydrogen-bond donors (Lipinski definition) is 2. The molecule has 0 aromatic heterocycles. The third kappa shape index (κ3) is 7.13. The number of hydrogen-bond acceptors (Lipinski definition) is 4. The summed E-state index contributed by atoms with van der Waals surface area (Å²) in [5.41, 5.74) is 1.85. The minimum Gasteiger partial charge on any atom is -0.345 e. The van der Waals surface area contributed by atoms with Crippen LogP contribution in [0.1, 0.15) is 29.8 Å². The van der Waals surface area contributed by atoms with E-state index in [4.69, 9.17) is 0 Å². The topological polar surface area (TPSA) is 95.6 Å². The third-order valence-electron chi connectivity index (χ3n) is 3.41. The summed E-state index contributed by atoms with van der Waals surface area (Å²) < 4.78 is 23.6. The van der Waals surface area contributed by atoms with Crippen LogP contribution < -0.4 is 10.6 Å². The molecule has 0 radical (unpaired) electrons. The van der Waals surface area contributed by atoms with E-state index in [2.05, 4.69) is 10.6 Å².